The Balaban J connectivity index is 1.51. The zero-order valence-corrected chi connectivity index (χ0v) is 13.7. The van der Waals surface area contributed by atoms with Crippen molar-refractivity contribution < 1.29 is 14.3 Å². The first kappa shape index (κ1) is 15.5. The van der Waals surface area contributed by atoms with Crippen LogP contribution in [0.2, 0.25) is 0 Å². The first-order chi connectivity index (χ1) is 10.6. The van der Waals surface area contributed by atoms with Crippen LogP contribution in [0.4, 0.5) is 0 Å². The normalized spacial score (nSPS) is 19.9. The van der Waals surface area contributed by atoms with E-state index in [1.54, 1.807) is 12.4 Å². The van der Waals surface area contributed by atoms with Crippen LogP contribution in [0.25, 0.3) is 4.96 Å². The van der Waals surface area contributed by atoms with Crippen LogP contribution in [0.1, 0.15) is 23.5 Å². The molecule has 0 radical (unpaired) electrons. The summed E-state index contributed by atoms with van der Waals surface area (Å²) in [5.74, 6) is 0.323. The van der Waals surface area contributed by atoms with Crippen molar-refractivity contribution in [3.05, 3.63) is 23.5 Å². The van der Waals surface area contributed by atoms with Gasteiger partial charge in [0.2, 0.25) is 0 Å². The Bertz CT molecular complexity index is 608. The lowest BCUT2D eigenvalue weighted by atomic mass is 10.2. The smallest absolute Gasteiger partial charge is 0.350 e. The van der Waals surface area contributed by atoms with Crippen molar-refractivity contribution in [2.75, 3.05) is 32.8 Å². The quantitative estimate of drug-likeness (QED) is 0.787. The number of hydrogen-bond donors (Lipinski definition) is 0. The van der Waals surface area contributed by atoms with Crippen LogP contribution in [0, 0.1) is 5.92 Å². The number of esters is 1. The van der Waals surface area contributed by atoms with Crippen molar-refractivity contribution >= 4 is 22.3 Å². The molecule has 1 aliphatic heterocycles. The van der Waals surface area contributed by atoms with Gasteiger partial charge in [-0.2, -0.15) is 0 Å². The summed E-state index contributed by atoms with van der Waals surface area (Å²) in [6, 6.07) is 0. The highest BCUT2D eigenvalue weighted by atomic mass is 32.1. The van der Waals surface area contributed by atoms with Gasteiger partial charge in [0.05, 0.1) is 6.61 Å². The van der Waals surface area contributed by atoms with Gasteiger partial charge in [0, 0.05) is 38.2 Å². The minimum Gasteiger partial charge on any atom is -0.459 e. The number of fused-ring (bicyclic) bond motifs is 1. The molecule has 120 valence electrons. The van der Waals surface area contributed by atoms with Gasteiger partial charge < -0.3 is 9.47 Å². The molecule has 2 aromatic heterocycles. The van der Waals surface area contributed by atoms with E-state index in [4.69, 9.17) is 9.47 Å². The molecule has 0 unspecified atom stereocenters. The monoisotopic (exact) mass is 323 g/mol. The highest BCUT2D eigenvalue weighted by Crippen LogP contribution is 2.17. The third kappa shape index (κ3) is 3.66. The van der Waals surface area contributed by atoms with E-state index in [9.17, 15) is 4.79 Å². The summed E-state index contributed by atoms with van der Waals surface area (Å²) >= 11 is 1.33. The average Bonchev–Trinajstić information content (AvgIpc) is 3.05. The zero-order valence-electron chi connectivity index (χ0n) is 12.9. The van der Waals surface area contributed by atoms with Crippen LogP contribution in [0.3, 0.4) is 0 Å². The summed E-state index contributed by atoms with van der Waals surface area (Å²) in [5.41, 5.74) is 0. The third-order valence-electron chi connectivity index (χ3n) is 3.54. The van der Waals surface area contributed by atoms with E-state index >= 15 is 0 Å². The number of carbonyl (C=O) groups is 1. The molecule has 7 heteroatoms. The second-order valence-corrected chi connectivity index (χ2v) is 6.97. The number of hydrogen-bond acceptors (Lipinski definition) is 6. The summed E-state index contributed by atoms with van der Waals surface area (Å²) in [6.07, 6.45) is 5.24. The molecule has 0 aromatic carbocycles. The molecule has 1 fully saturated rings. The summed E-state index contributed by atoms with van der Waals surface area (Å²) < 4.78 is 12.9. The van der Waals surface area contributed by atoms with Crippen molar-refractivity contribution in [1.29, 1.82) is 0 Å². The van der Waals surface area contributed by atoms with Crippen LogP contribution in [0.5, 0.6) is 0 Å². The Morgan fingerprint density at radius 2 is 2.45 bits per heavy atom. The summed E-state index contributed by atoms with van der Waals surface area (Å²) in [7, 11) is 0. The molecule has 1 atom stereocenters. The number of rotatable bonds is 5. The van der Waals surface area contributed by atoms with Gasteiger partial charge in [-0.05, 0) is 5.92 Å². The maximum atomic E-state index is 12.1. The largest absolute Gasteiger partial charge is 0.459 e. The Labute approximate surface area is 133 Å². The molecule has 0 amide bonds. The van der Waals surface area contributed by atoms with Gasteiger partial charge in [-0.1, -0.05) is 25.2 Å². The lowest BCUT2D eigenvalue weighted by molar-refractivity contribution is -0.0611. The molecule has 1 aliphatic rings. The van der Waals surface area contributed by atoms with Gasteiger partial charge in [-0.15, -0.1) is 0 Å². The predicted octanol–water partition coefficient (Wildman–Crippen LogP) is 1.91. The van der Waals surface area contributed by atoms with Crippen LogP contribution in [0.15, 0.2) is 18.6 Å². The molecule has 0 spiro atoms. The van der Waals surface area contributed by atoms with Crippen LogP contribution in [-0.2, 0) is 9.47 Å². The maximum Gasteiger partial charge on any atom is 0.350 e. The fourth-order valence-corrected chi connectivity index (χ4v) is 3.46. The van der Waals surface area contributed by atoms with Crippen molar-refractivity contribution in [2.24, 2.45) is 5.92 Å². The topological polar surface area (TPSA) is 56.1 Å². The molecular weight excluding hydrogens is 302 g/mol. The van der Waals surface area contributed by atoms with Crippen molar-refractivity contribution in [3.63, 3.8) is 0 Å². The lowest BCUT2D eigenvalue weighted by Gasteiger charge is -2.33. The minimum atomic E-state index is -0.305. The van der Waals surface area contributed by atoms with Crippen molar-refractivity contribution in [2.45, 2.75) is 20.0 Å². The molecule has 0 N–H and O–H groups in total. The maximum absolute atomic E-state index is 12.1. The standard InChI is InChI=1S/C15H21N3O3S/c1-11(2)7-17-5-6-20-12(8-17)10-21-14(19)13-9-18-4-3-16-15(18)22-13/h3-4,9,11-12H,5-8,10H2,1-2H3/t12-/m0/s1. The number of nitrogens with zero attached hydrogens (tertiary/aromatic N) is 3. The number of morpholine rings is 1. The molecule has 0 bridgehead atoms. The number of carbonyl (C=O) groups excluding carboxylic acids is 1. The fourth-order valence-electron chi connectivity index (χ4n) is 2.63. The molecule has 0 aliphatic carbocycles. The van der Waals surface area contributed by atoms with Gasteiger partial charge in [-0.3, -0.25) is 9.30 Å². The van der Waals surface area contributed by atoms with E-state index in [-0.39, 0.29) is 12.1 Å². The van der Waals surface area contributed by atoms with E-state index in [1.165, 1.54) is 11.3 Å². The van der Waals surface area contributed by atoms with Gasteiger partial charge in [0.25, 0.3) is 0 Å². The highest BCUT2D eigenvalue weighted by Gasteiger charge is 2.23. The third-order valence-corrected chi connectivity index (χ3v) is 4.53. The van der Waals surface area contributed by atoms with Gasteiger partial charge in [0.1, 0.15) is 17.6 Å². The number of imidazole rings is 1. The van der Waals surface area contributed by atoms with Gasteiger partial charge >= 0.3 is 5.97 Å². The van der Waals surface area contributed by atoms with E-state index < -0.39 is 0 Å². The molecule has 2 aromatic rings. The predicted molar refractivity (Wildman–Crippen MR) is 84.4 cm³/mol. The fraction of sp³-hybridized carbons (Fsp3) is 0.600. The first-order valence-corrected chi connectivity index (χ1v) is 8.37. The molecule has 3 heterocycles. The number of thiazole rings is 1. The molecule has 6 nitrogen and oxygen atoms in total. The molecule has 1 saturated heterocycles. The Morgan fingerprint density at radius 1 is 1.59 bits per heavy atom. The second kappa shape index (κ2) is 6.76. The number of ether oxygens (including phenoxy) is 2. The molecule has 3 rings (SSSR count). The average molecular weight is 323 g/mol. The molecular formula is C15H21N3O3S. The second-order valence-electron chi connectivity index (χ2n) is 5.96. The van der Waals surface area contributed by atoms with Crippen molar-refractivity contribution in [3.8, 4) is 0 Å². The molecule has 22 heavy (non-hydrogen) atoms. The van der Waals surface area contributed by atoms with E-state index in [1.807, 2.05) is 10.6 Å². The summed E-state index contributed by atoms with van der Waals surface area (Å²) in [5, 5.41) is 0. The van der Waals surface area contributed by atoms with Crippen LogP contribution < -0.4 is 0 Å². The van der Waals surface area contributed by atoms with E-state index in [0.29, 0.717) is 24.0 Å². The molecule has 0 saturated carbocycles. The summed E-state index contributed by atoms with van der Waals surface area (Å²) in [6.45, 7) is 8.23. The zero-order chi connectivity index (χ0) is 15.5. The Kier molecular flexibility index (Phi) is 4.75. The van der Waals surface area contributed by atoms with Gasteiger partial charge in [-0.25, -0.2) is 9.78 Å². The minimum absolute atomic E-state index is 0.0412. The van der Waals surface area contributed by atoms with Crippen LogP contribution in [-0.4, -0.2) is 59.2 Å². The first-order valence-electron chi connectivity index (χ1n) is 7.55. The highest BCUT2D eigenvalue weighted by molar-refractivity contribution is 7.18. The van der Waals surface area contributed by atoms with Gasteiger partial charge in [0.15, 0.2) is 4.96 Å². The summed E-state index contributed by atoms with van der Waals surface area (Å²) in [4.78, 5) is 20.0. The Morgan fingerprint density at radius 3 is 3.23 bits per heavy atom. The lowest BCUT2D eigenvalue weighted by Crippen LogP contribution is -2.45. The van der Waals surface area contributed by atoms with Crippen molar-refractivity contribution in [1.82, 2.24) is 14.3 Å². The Hall–Kier alpha value is -1.44. The SMILES string of the molecule is CC(C)CN1CCO[C@H](COC(=O)c2cn3ccnc3s2)C1. The van der Waals surface area contributed by atoms with E-state index in [2.05, 4.69) is 23.7 Å². The van der Waals surface area contributed by atoms with Crippen LogP contribution >= 0.6 is 11.3 Å². The number of aromatic nitrogens is 2. The van der Waals surface area contributed by atoms with E-state index in [0.717, 1.165) is 24.6 Å².